The molecule has 11 heteroatoms. The van der Waals surface area contributed by atoms with Gasteiger partial charge in [0.1, 0.15) is 12.1 Å². The average Bonchev–Trinajstić information content (AvgIpc) is 3.41. The zero-order chi connectivity index (χ0) is 28.7. The summed E-state index contributed by atoms with van der Waals surface area (Å²) in [6.07, 6.45) is 20.4. The van der Waals surface area contributed by atoms with Gasteiger partial charge < -0.3 is 32.8 Å². The lowest BCUT2D eigenvalue weighted by atomic mass is 10.0. The molecule has 0 fully saturated rings. The van der Waals surface area contributed by atoms with Crippen molar-refractivity contribution in [1.29, 1.82) is 0 Å². The Morgan fingerprint density at radius 3 is 1.95 bits per heavy atom. The fraction of sp³-hybridized carbons (Fsp3) is 0.750. The van der Waals surface area contributed by atoms with Gasteiger partial charge in [-0.1, -0.05) is 84.0 Å². The van der Waals surface area contributed by atoms with Crippen molar-refractivity contribution in [2.45, 2.75) is 128 Å². The Bertz CT molecular complexity index is 825. The summed E-state index contributed by atoms with van der Waals surface area (Å²) in [5.41, 5.74) is 16.9. The van der Waals surface area contributed by atoms with Crippen molar-refractivity contribution in [2.24, 2.45) is 22.2 Å². The summed E-state index contributed by atoms with van der Waals surface area (Å²) < 4.78 is 0. The van der Waals surface area contributed by atoms with Gasteiger partial charge >= 0.3 is 0 Å². The molecule has 0 radical (unpaired) electrons. The van der Waals surface area contributed by atoms with Crippen LogP contribution in [0.1, 0.15) is 115 Å². The molecule has 1 aromatic rings. The van der Waals surface area contributed by atoms with Crippen LogP contribution in [0.25, 0.3) is 0 Å². The number of hydrogen-bond acceptors (Lipinski definition) is 5. The maximum absolute atomic E-state index is 13.0. The van der Waals surface area contributed by atoms with E-state index in [1.807, 2.05) is 0 Å². The van der Waals surface area contributed by atoms with Crippen molar-refractivity contribution in [3.05, 3.63) is 18.2 Å². The second kappa shape index (κ2) is 21.8. The first kappa shape index (κ1) is 33.9. The molecular formula is C28H52N8O3. The zero-order valence-corrected chi connectivity index (χ0v) is 23.9. The van der Waals surface area contributed by atoms with E-state index in [2.05, 4.69) is 32.5 Å². The molecule has 0 aliphatic heterocycles. The quantitative estimate of drug-likeness (QED) is 0.0652. The molecule has 0 unspecified atom stereocenters. The molecule has 2 atom stereocenters. The Hall–Kier alpha value is -3.11. The number of aliphatic imine (C=N–C) groups is 1. The number of aromatic amines is 1. The number of H-pyrrole nitrogens is 1. The number of amides is 3. The highest BCUT2D eigenvalue weighted by atomic mass is 16.2. The Kier molecular flexibility index (Phi) is 18.9. The predicted molar refractivity (Wildman–Crippen MR) is 156 cm³/mol. The molecule has 0 saturated carbocycles. The Morgan fingerprint density at radius 1 is 0.846 bits per heavy atom. The van der Waals surface area contributed by atoms with Crippen molar-refractivity contribution in [3.8, 4) is 0 Å². The molecule has 0 saturated heterocycles. The van der Waals surface area contributed by atoms with Crippen molar-refractivity contribution >= 4 is 23.7 Å². The number of carbonyl (C=O) groups is 3. The van der Waals surface area contributed by atoms with Crippen LogP contribution in [0.15, 0.2) is 17.5 Å². The van der Waals surface area contributed by atoms with Crippen molar-refractivity contribution in [1.82, 2.24) is 20.6 Å². The van der Waals surface area contributed by atoms with Gasteiger partial charge in [0, 0.05) is 31.3 Å². The van der Waals surface area contributed by atoms with E-state index in [0.29, 0.717) is 31.5 Å². The van der Waals surface area contributed by atoms with Crippen LogP contribution in [-0.2, 0) is 20.8 Å². The number of unbranched alkanes of at least 4 members (excludes halogenated alkanes) is 12. The van der Waals surface area contributed by atoms with Gasteiger partial charge in [0.05, 0.1) is 6.33 Å². The van der Waals surface area contributed by atoms with Gasteiger partial charge in [-0.05, 0) is 19.3 Å². The van der Waals surface area contributed by atoms with E-state index in [1.165, 1.54) is 70.5 Å². The second-order valence-electron chi connectivity index (χ2n) is 10.3. The summed E-state index contributed by atoms with van der Waals surface area (Å²) in [5.74, 6) is -1.36. The van der Waals surface area contributed by atoms with Gasteiger partial charge in [0.2, 0.25) is 17.7 Å². The van der Waals surface area contributed by atoms with Gasteiger partial charge in [-0.2, -0.15) is 0 Å². The fourth-order valence-electron chi connectivity index (χ4n) is 4.45. The number of rotatable bonds is 24. The zero-order valence-electron chi connectivity index (χ0n) is 23.9. The van der Waals surface area contributed by atoms with Crippen LogP contribution in [0, 0.1) is 0 Å². The number of nitrogens with two attached hydrogens (primary N) is 3. The number of nitrogens with one attached hydrogen (secondary N) is 3. The number of guanidine groups is 1. The van der Waals surface area contributed by atoms with Gasteiger partial charge in [0.25, 0.3) is 0 Å². The van der Waals surface area contributed by atoms with E-state index in [1.54, 1.807) is 6.20 Å². The van der Waals surface area contributed by atoms with Crippen molar-refractivity contribution in [2.75, 3.05) is 6.54 Å². The van der Waals surface area contributed by atoms with Gasteiger partial charge in [0.15, 0.2) is 5.96 Å². The molecule has 0 spiro atoms. The molecule has 222 valence electrons. The number of aromatic nitrogens is 2. The maximum Gasteiger partial charge on any atom is 0.243 e. The maximum atomic E-state index is 13.0. The first-order valence-corrected chi connectivity index (χ1v) is 14.7. The third-order valence-corrected chi connectivity index (χ3v) is 6.74. The first-order valence-electron chi connectivity index (χ1n) is 14.7. The Morgan fingerprint density at radius 2 is 1.44 bits per heavy atom. The standard InChI is InChI=1S/C28H52N8O3/c1-2-3-4-5-6-7-8-9-10-11-12-13-14-17-25(37)35-23(16-15-18-33-28(30)31)27(39)36-24(26(29)38)19-22-20-32-21-34-22/h20-21,23-24H,2-19H2,1H3,(H2,29,38)(H,32,34)(H,35,37)(H,36,39)(H4,30,31,33)/t23-,24-/m0/s1. The molecule has 1 rings (SSSR count). The minimum Gasteiger partial charge on any atom is -0.370 e. The lowest BCUT2D eigenvalue weighted by molar-refractivity contribution is -0.131. The van der Waals surface area contributed by atoms with E-state index in [4.69, 9.17) is 17.2 Å². The second-order valence-corrected chi connectivity index (χ2v) is 10.3. The summed E-state index contributed by atoms with van der Waals surface area (Å²) in [6.45, 7) is 2.57. The normalized spacial score (nSPS) is 12.4. The van der Waals surface area contributed by atoms with E-state index < -0.39 is 23.9 Å². The third-order valence-electron chi connectivity index (χ3n) is 6.74. The molecule has 9 N–H and O–H groups in total. The van der Waals surface area contributed by atoms with E-state index in [9.17, 15) is 14.4 Å². The highest BCUT2D eigenvalue weighted by Gasteiger charge is 2.26. The van der Waals surface area contributed by atoms with Crippen molar-refractivity contribution < 1.29 is 14.4 Å². The molecule has 11 nitrogen and oxygen atoms in total. The predicted octanol–water partition coefficient (Wildman–Crippen LogP) is 2.94. The summed E-state index contributed by atoms with van der Waals surface area (Å²) in [6, 6.07) is -1.76. The third kappa shape index (κ3) is 17.9. The van der Waals surface area contributed by atoms with Crippen LogP contribution in [-0.4, -0.2) is 52.3 Å². The first-order chi connectivity index (χ1) is 18.8. The summed E-state index contributed by atoms with van der Waals surface area (Å²) in [4.78, 5) is 48.3. The highest BCUT2D eigenvalue weighted by molar-refractivity contribution is 5.91. The van der Waals surface area contributed by atoms with E-state index >= 15 is 0 Å². The Balaban J connectivity index is 2.38. The summed E-state index contributed by atoms with van der Waals surface area (Å²) in [5, 5.41) is 5.48. The van der Waals surface area contributed by atoms with Crippen LogP contribution in [0.5, 0.6) is 0 Å². The van der Waals surface area contributed by atoms with Crippen molar-refractivity contribution in [3.63, 3.8) is 0 Å². The Labute approximate surface area is 233 Å². The van der Waals surface area contributed by atoms with Crippen LogP contribution >= 0.6 is 0 Å². The fourth-order valence-corrected chi connectivity index (χ4v) is 4.45. The SMILES string of the molecule is CCCCCCCCCCCCCCCC(=O)N[C@@H](CCCN=C(N)N)C(=O)N[C@@H](Cc1cnc[nH]1)C(N)=O. The molecular weight excluding hydrogens is 496 g/mol. The number of carbonyl (C=O) groups excluding carboxylic acids is 3. The van der Waals surface area contributed by atoms with Gasteiger partial charge in [-0.3, -0.25) is 19.4 Å². The van der Waals surface area contributed by atoms with Gasteiger partial charge in [-0.15, -0.1) is 0 Å². The van der Waals surface area contributed by atoms with E-state index in [0.717, 1.165) is 19.3 Å². The summed E-state index contributed by atoms with van der Waals surface area (Å²) in [7, 11) is 0. The summed E-state index contributed by atoms with van der Waals surface area (Å²) >= 11 is 0. The number of imidazole rings is 1. The number of primary amides is 1. The van der Waals surface area contributed by atoms with Gasteiger partial charge in [-0.25, -0.2) is 4.98 Å². The molecule has 1 heterocycles. The van der Waals surface area contributed by atoms with Crippen LogP contribution in [0.2, 0.25) is 0 Å². The molecule has 0 aliphatic rings. The average molecular weight is 549 g/mol. The molecule has 3 amide bonds. The molecule has 0 bridgehead atoms. The minimum atomic E-state index is -0.934. The molecule has 0 aromatic carbocycles. The number of nitrogens with zero attached hydrogens (tertiary/aromatic N) is 2. The van der Waals surface area contributed by atoms with Crippen LogP contribution in [0.4, 0.5) is 0 Å². The molecule has 39 heavy (non-hydrogen) atoms. The van der Waals surface area contributed by atoms with Crippen LogP contribution < -0.4 is 27.8 Å². The lowest BCUT2D eigenvalue weighted by Crippen LogP contribution is -2.53. The monoisotopic (exact) mass is 548 g/mol. The molecule has 1 aromatic heterocycles. The lowest BCUT2D eigenvalue weighted by Gasteiger charge is -2.21. The minimum absolute atomic E-state index is 0.0317. The molecule has 0 aliphatic carbocycles. The van der Waals surface area contributed by atoms with E-state index in [-0.39, 0.29) is 18.3 Å². The largest absolute Gasteiger partial charge is 0.370 e. The highest BCUT2D eigenvalue weighted by Crippen LogP contribution is 2.13. The topological polar surface area (TPSA) is 194 Å². The number of hydrogen-bond donors (Lipinski definition) is 6. The van der Waals surface area contributed by atoms with Crippen LogP contribution in [0.3, 0.4) is 0 Å². The smallest absolute Gasteiger partial charge is 0.243 e.